The fourth-order valence-corrected chi connectivity index (χ4v) is 4.43. The maximum Gasteiger partial charge on any atom is 0.410 e. The Labute approximate surface area is 163 Å². The van der Waals surface area contributed by atoms with Gasteiger partial charge in [0.15, 0.2) is 0 Å². The number of rotatable bonds is 1. The number of hydrogen-bond acceptors (Lipinski definition) is 5. The van der Waals surface area contributed by atoms with Crippen molar-refractivity contribution in [2.75, 3.05) is 31.1 Å². The van der Waals surface area contributed by atoms with E-state index in [1.54, 1.807) is 4.90 Å². The van der Waals surface area contributed by atoms with Crippen LogP contribution < -0.4 is 4.90 Å². The highest BCUT2D eigenvalue weighted by Crippen LogP contribution is 2.42. The van der Waals surface area contributed by atoms with E-state index in [1.165, 1.54) is 0 Å². The minimum atomic E-state index is -0.445. The summed E-state index contributed by atoms with van der Waals surface area (Å²) >= 11 is 0. The molecule has 0 radical (unpaired) electrons. The fraction of sp³-hybridized carbons (Fsp3) is 0.476. The summed E-state index contributed by atoms with van der Waals surface area (Å²) in [4.78, 5) is 25.4. The first-order valence-electron chi connectivity index (χ1n) is 9.67. The Morgan fingerprint density at radius 1 is 1.11 bits per heavy atom. The van der Waals surface area contributed by atoms with Crippen LogP contribution in [0.1, 0.15) is 20.8 Å². The molecule has 1 spiro atoms. The minimum absolute atomic E-state index is 0.191. The first-order chi connectivity index (χ1) is 13.2. The van der Waals surface area contributed by atoms with E-state index in [4.69, 9.17) is 9.72 Å². The highest BCUT2D eigenvalue weighted by atomic mass is 16.6. The average Bonchev–Trinajstić information content (AvgIpc) is 2.84. The monoisotopic (exact) mass is 379 g/mol. The molecule has 1 amide bonds. The number of likely N-dealkylation sites (tertiary alicyclic amines) is 1. The lowest BCUT2D eigenvalue weighted by atomic mass is 9.73. The number of carbonyl (C=O) groups excluding carboxylic acids is 1. The molecule has 7 heteroatoms. The molecule has 2 aliphatic heterocycles. The molecule has 2 saturated heterocycles. The second-order valence-electron chi connectivity index (χ2n) is 9.18. The Morgan fingerprint density at radius 2 is 1.86 bits per heavy atom. The second kappa shape index (κ2) is 5.59. The van der Waals surface area contributed by atoms with E-state index < -0.39 is 5.60 Å². The van der Waals surface area contributed by atoms with Crippen molar-refractivity contribution in [2.45, 2.75) is 26.4 Å². The van der Waals surface area contributed by atoms with Crippen molar-refractivity contribution in [3.05, 3.63) is 30.6 Å². The molecule has 7 nitrogen and oxygen atoms in total. The van der Waals surface area contributed by atoms with Crippen molar-refractivity contribution in [3.63, 3.8) is 0 Å². The normalized spacial score (nSPS) is 18.4. The Morgan fingerprint density at radius 3 is 2.57 bits per heavy atom. The zero-order valence-corrected chi connectivity index (χ0v) is 16.8. The van der Waals surface area contributed by atoms with Crippen molar-refractivity contribution in [1.29, 1.82) is 0 Å². The van der Waals surface area contributed by atoms with Crippen molar-refractivity contribution < 1.29 is 9.53 Å². The van der Waals surface area contributed by atoms with Crippen LogP contribution in [-0.2, 0) is 11.8 Å². The van der Waals surface area contributed by atoms with Crippen LogP contribution in [0.15, 0.2) is 30.6 Å². The highest BCUT2D eigenvalue weighted by Gasteiger charge is 2.54. The summed E-state index contributed by atoms with van der Waals surface area (Å²) in [6, 6.07) is 6.25. The standard InChI is InChI=1S/C21H25N5O2/c1-20(2,3)28-19(27)26-12-21(13-26)10-25(11-21)17-6-5-14-15-9-22-8-7-16(15)24(4)18(14)23-17/h5-9H,10-13H2,1-4H3. The molecule has 0 aliphatic carbocycles. The summed E-state index contributed by atoms with van der Waals surface area (Å²) in [5, 5.41) is 2.26. The molecule has 5 rings (SSSR count). The van der Waals surface area contributed by atoms with Gasteiger partial charge in [-0.15, -0.1) is 0 Å². The summed E-state index contributed by atoms with van der Waals surface area (Å²) in [7, 11) is 2.05. The van der Waals surface area contributed by atoms with Crippen LogP contribution in [0.25, 0.3) is 21.9 Å². The molecule has 3 aromatic rings. The highest BCUT2D eigenvalue weighted by molar-refractivity contribution is 6.06. The van der Waals surface area contributed by atoms with E-state index >= 15 is 0 Å². The predicted octanol–water partition coefficient (Wildman–Crippen LogP) is 3.18. The number of amides is 1. The van der Waals surface area contributed by atoms with Crippen molar-refractivity contribution >= 4 is 33.8 Å². The molecule has 0 unspecified atom stereocenters. The molecule has 2 fully saturated rings. The number of fused-ring (bicyclic) bond motifs is 3. The van der Waals surface area contributed by atoms with Crippen LogP contribution in [0.3, 0.4) is 0 Å². The molecule has 0 N–H and O–H groups in total. The molecular weight excluding hydrogens is 354 g/mol. The number of aromatic nitrogens is 3. The molecule has 146 valence electrons. The number of nitrogens with zero attached hydrogens (tertiary/aromatic N) is 5. The fourth-order valence-electron chi connectivity index (χ4n) is 4.43. The zero-order valence-electron chi connectivity index (χ0n) is 16.8. The average molecular weight is 379 g/mol. The summed E-state index contributed by atoms with van der Waals surface area (Å²) in [5.41, 5.74) is 1.86. The van der Waals surface area contributed by atoms with Gasteiger partial charge in [-0.05, 0) is 39.0 Å². The number of hydrogen-bond donors (Lipinski definition) is 0. The van der Waals surface area contributed by atoms with E-state index in [9.17, 15) is 4.79 Å². The largest absolute Gasteiger partial charge is 0.444 e. The molecule has 0 saturated carbocycles. The van der Waals surface area contributed by atoms with Gasteiger partial charge >= 0.3 is 6.09 Å². The molecule has 3 aromatic heterocycles. The maximum absolute atomic E-state index is 12.2. The minimum Gasteiger partial charge on any atom is -0.444 e. The molecule has 2 aliphatic rings. The molecule has 0 atom stereocenters. The van der Waals surface area contributed by atoms with Gasteiger partial charge in [0.1, 0.15) is 17.1 Å². The third kappa shape index (κ3) is 2.60. The number of pyridine rings is 2. The maximum atomic E-state index is 12.2. The van der Waals surface area contributed by atoms with Gasteiger partial charge in [-0.25, -0.2) is 9.78 Å². The first-order valence-corrected chi connectivity index (χ1v) is 9.67. The van der Waals surface area contributed by atoms with Gasteiger partial charge in [0.2, 0.25) is 0 Å². The van der Waals surface area contributed by atoms with Gasteiger partial charge in [-0.2, -0.15) is 0 Å². The van der Waals surface area contributed by atoms with Crippen LogP contribution in [0.4, 0.5) is 10.6 Å². The quantitative estimate of drug-likeness (QED) is 0.650. The predicted molar refractivity (Wildman–Crippen MR) is 108 cm³/mol. The van der Waals surface area contributed by atoms with E-state index in [-0.39, 0.29) is 11.5 Å². The topological polar surface area (TPSA) is 63.5 Å². The number of aryl methyl sites for hydroxylation is 1. The Hall–Kier alpha value is -2.83. The Balaban J connectivity index is 1.30. The van der Waals surface area contributed by atoms with E-state index in [0.29, 0.717) is 0 Å². The van der Waals surface area contributed by atoms with Gasteiger partial charge in [0.05, 0.1) is 5.52 Å². The zero-order chi connectivity index (χ0) is 19.7. The summed E-state index contributed by atoms with van der Waals surface area (Å²) in [6.45, 7) is 9.08. The van der Waals surface area contributed by atoms with Gasteiger partial charge in [-0.1, -0.05) is 0 Å². The van der Waals surface area contributed by atoms with Crippen LogP contribution in [0.5, 0.6) is 0 Å². The van der Waals surface area contributed by atoms with Gasteiger partial charge in [0, 0.05) is 61.8 Å². The van der Waals surface area contributed by atoms with Gasteiger partial charge < -0.3 is 19.1 Å². The smallest absolute Gasteiger partial charge is 0.410 e. The van der Waals surface area contributed by atoms with E-state index in [2.05, 4.69) is 26.6 Å². The summed E-state index contributed by atoms with van der Waals surface area (Å²) in [5.74, 6) is 0.993. The number of carbonyl (C=O) groups is 1. The SMILES string of the molecule is Cn1c2ccncc2c2ccc(N3CC4(CN(C(=O)OC(C)(C)C)C4)C3)nc21. The van der Waals surface area contributed by atoms with E-state index in [0.717, 1.165) is 53.9 Å². The Bertz CT molecular complexity index is 1080. The lowest BCUT2D eigenvalue weighted by Crippen LogP contribution is -2.73. The molecular formula is C21H25N5O2. The lowest BCUT2D eigenvalue weighted by molar-refractivity contribution is -0.0454. The van der Waals surface area contributed by atoms with E-state index in [1.807, 2.05) is 46.3 Å². The first kappa shape index (κ1) is 17.3. The summed E-state index contributed by atoms with van der Waals surface area (Å²) in [6.07, 6.45) is 3.51. The lowest BCUT2D eigenvalue weighted by Gasteiger charge is -2.60. The third-order valence-electron chi connectivity index (χ3n) is 5.71. The van der Waals surface area contributed by atoms with Crippen molar-refractivity contribution in [2.24, 2.45) is 12.5 Å². The van der Waals surface area contributed by atoms with Crippen LogP contribution >= 0.6 is 0 Å². The molecule has 0 aromatic carbocycles. The third-order valence-corrected chi connectivity index (χ3v) is 5.71. The number of anilines is 1. The van der Waals surface area contributed by atoms with Crippen molar-refractivity contribution in [3.8, 4) is 0 Å². The van der Waals surface area contributed by atoms with Gasteiger partial charge in [0.25, 0.3) is 0 Å². The van der Waals surface area contributed by atoms with Crippen LogP contribution in [-0.4, -0.2) is 57.3 Å². The Kier molecular flexibility index (Phi) is 3.45. The van der Waals surface area contributed by atoms with Gasteiger partial charge in [-0.3, -0.25) is 4.98 Å². The van der Waals surface area contributed by atoms with Crippen LogP contribution in [0, 0.1) is 5.41 Å². The molecule has 28 heavy (non-hydrogen) atoms. The van der Waals surface area contributed by atoms with Crippen LogP contribution in [0.2, 0.25) is 0 Å². The molecule has 0 bridgehead atoms. The molecule has 5 heterocycles. The number of ether oxygens (including phenoxy) is 1. The second-order valence-corrected chi connectivity index (χ2v) is 9.18. The van der Waals surface area contributed by atoms with Crippen molar-refractivity contribution in [1.82, 2.24) is 19.4 Å². The summed E-state index contributed by atoms with van der Waals surface area (Å²) < 4.78 is 7.58.